The van der Waals surface area contributed by atoms with Gasteiger partial charge in [-0.05, 0) is 18.0 Å². The van der Waals surface area contributed by atoms with Crippen LogP contribution in [0.4, 0.5) is 4.79 Å². The zero-order chi connectivity index (χ0) is 14.8. The van der Waals surface area contributed by atoms with E-state index < -0.39 is 0 Å². The van der Waals surface area contributed by atoms with Gasteiger partial charge in [0, 0.05) is 24.8 Å². The molecule has 120 valence electrons. The second kappa shape index (κ2) is 7.35. The standard InChI is InChI=1S/C15H19N3O2S.ClH/c16-6-11-7-18(14(19)13-9-21-15(20)17-13)8-12(11)10-4-2-1-3-5-10;/h1-5,11-13H,6-9,16H2,(H,17,20);1H/t11-,12+,13+;/m1./s1. The van der Waals surface area contributed by atoms with Crippen LogP contribution in [0.3, 0.4) is 0 Å². The Kier molecular flexibility index (Phi) is 5.72. The van der Waals surface area contributed by atoms with Gasteiger partial charge in [-0.1, -0.05) is 42.1 Å². The fourth-order valence-corrected chi connectivity index (χ4v) is 3.88. The summed E-state index contributed by atoms with van der Waals surface area (Å²) in [5, 5.41) is 2.61. The number of hydrogen-bond acceptors (Lipinski definition) is 4. The monoisotopic (exact) mass is 341 g/mol. The maximum Gasteiger partial charge on any atom is 0.279 e. The highest BCUT2D eigenvalue weighted by Crippen LogP contribution is 2.32. The number of likely N-dealkylation sites (tertiary alicyclic amines) is 1. The summed E-state index contributed by atoms with van der Waals surface area (Å²) in [6.07, 6.45) is 0. The quantitative estimate of drug-likeness (QED) is 0.872. The molecule has 5 nitrogen and oxygen atoms in total. The number of amides is 2. The molecule has 0 saturated carbocycles. The van der Waals surface area contributed by atoms with E-state index in [1.807, 2.05) is 23.1 Å². The Morgan fingerprint density at radius 2 is 2.05 bits per heavy atom. The normalized spacial score (nSPS) is 27.4. The van der Waals surface area contributed by atoms with Crippen LogP contribution in [0.15, 0.2) is 30.3 Å². The van der Waals surface area contributed by atoms with Crippen LogP contribution in [0.25, 0.3) is 0 Å². The van der Waals surface area contributed by atoms with Crippen molar-refractivity contribution in [3.63, 3.8) is 0 Å². The predicted octanol–water partition coefficient (Wildman–Crippen LogP) is 1.43. The van der Waals surface area contributed by atoms with Crippen LogP contribution >= 0.6 is 24.2 Å². The minimum Gasteiger partial charge on any atom is -0.340 e. The molecule has 0 bridgehead atoms. The van der Waals surface area contributed by atoms with Gasteiger partial charge in [-0.2, -0.15) is 0 Å². The third-order valence-electron chi connectivity index (χ3n) is 4.25. The summed E-state index contributed by atoms with van der Waals surface area (Å²) in [5.74, 6) is 1.11. The van der Waals surface area contributed by atoms with E-state index in [1.54, 1.807) is 0 Å². The Bertz CT molecular complexity index is 543. The van der Waals surface area contributed by atoms with E-state index in [1.165, 1.54) is 17.3 Å². The minimum absolute atomic E-state index is 0. The average molecular weight is 342 g/mol. The number of carbonyl (C=O) groups is 2. The highest BCUT2D eigenvalue weighted by atomic mass is 35.5. The summed E-state index contributed by atoms with van der Waals surface area (Å²) < 4.78 is 0. The molecule has 7 heteroatoms. The highest BCUT2D eigenvalue weighted by Gasteiger charge is 2.39. The first-order chi connectivity index (χ1) is 10.2. The Labute approximate surface area is 140 Å². The number of nitrogens with one attached hydrogen (secondary N) is 1. The van der Waals surface area contributed by atoms with Crippen molar-refractivity contribution in [1.29, 1.82) is 0 Å². The summed E-state index contributed by atoms with van der Waals surface area (Å²) in [7, 11) is 0. The molecular formula is C15H20ClN3O2S. The van der Waals surface area contributed by atoms with Gasteiger partial charge in [0.1, 0.15) is 6.04 Å². The Hall–Kier alpha value is -1.24. The molecule has 1 aromatic rings. The largest absolute Gasteiger partial charge is 0.340 e. The summed E-state index contributed by atoms with van der Waals surface area (Å²) in [6.45, 7) is 1.92. The summed E-state index contributed by atoms with van der Waals surface area (Å²) in [4.78, 5) is 25.6. The lowest BCUT2D eigenvalue weighted by Crippen LogP contribution is -2.44. The topological polar surface area (TPSA) is 75.4 Å². The van der Waals surface area contributed by atoms with Crippen molar-refractivity contribution in [3.8, 4) is 0 Å². The van der Waals surface area contributed by atoms with Crippen LogP contribution < -0.4 is 11.1 Å². The molecular weight excluding hydrogens is 322 g/mol. The molecule has 2 fully saturated rings. The van der Waals surface area contributed by atoms with Crippen LogP contribution in [-0.2, 0) is 4.79 Å². The number of carbonyl (C=O) groups excluding carboxylic acids is 2. The Morgan fingerprint density at radius 3 is 2.64 bits per heavy atom. The first kappa shape index (κ1) is 17.1. The molecule has 2 heterocycles. The molecule has 3 N–H and O–H groups in total. The number of thioether (sulfide) groups is 1. The van der Waals surface area contributed by atoms with Gasteiger partial charge in [0.05, 0.1) is 0 Å². The zero-order valence-corrected chi connectivity index (χ0v) is 13.7. The first-order valence-electron chi connectivity index (χ1n) is 7.16. The van der Waals surface area contributed by atoms with Gasteiger partial charge in [-0.3, -0.25) is 9.59 Å². The zero-order valence-electron chi connectivity index (χ0n) is 12.1. The molecule has 2 aliphatic rings. The van der Waals surface area contributed by atoms with Gasteiger partial charge in [0.15, 0.2) is 0 Å². The van der Waals surface area contributed by atoms with Crippen molar-refractivity contribution < 1.29 is 9.59 Å². The van der Waals surface area contributed by atoms with Gasteiger partial charge >= 0.3 is 0 Å². The molecule has 0 aliphatic carbocycles. The molecule has 0 spiro atoms. The van der Waals surface area contributed by atoms with Crippen molar-refractivity contribution in [2.75, 3.05) is 25.4 Å². The lowest BCUT2D eigenvalue weighted by atomic mass is 9.89. The Balaban J connectivity index is 0.00000176. The van der Waals surface area contributed by atoms with E-state index in [9.17, 15) is 9.59 Å². The van der Waals surface area contributed by atoms with Crippen molar-refractivity contribution >= 4 is 35.3 Å². The average Bonchev–Trinajstić information content (AvgIpc) is 3.13. The van der Waals surface area contributed by atoms with Gasteiger partial charge in [-0.25, -0.2) is 0 Å². The lowest BCUT2D eigenvalue weighted by molar-refractivity contribution is -0.131. The van der Waals surface area contributed by atoms with Crippen molar-refractivity contribution in [2.45, 2.75) is 12.0 Å². The van der Waals surface area contributed by atoms with E-state index in [4.69, 9.17) is 5.73 Å². The number of halogens is 1. The lowest BCUT2D eigenvalue weighted by Gasteiger charge is -2.20. The number of nitrogens with two attached hydrogens (primary N) is 1. The highest BCUT2D eigenvalue weighted by molar-refractivity contribution is 8.14. The van der Waals surface area contributed by atoms with E-state index in [-0.39, 0.29) is 41.4 Å². The SMILES string of the molecule is Cl.NC[C@@H]1CN(C(=O)[C@@H]2CSC(=O)N2)C[C@H]1c1ccccc1. The third kappa shape index (κ3) is 3.39. The van der Waals surface area contributed by atoms with E-state index >= 15 is 0 Å². The predicted molar refractivity (Wildman–Crippen MR) is 90.3 cm³/mol. The summed E-state index contributed by atoms with van der Waals surface area (Å²) in [6, 6.07) is 9.82. The molecule has 3 rings (SSSR count). The number of rotatable bonds is 3. The first-order valence-corrected chi connectivity index (χ1v) is 8.14. The number of benzene rings is 1. The maximum atomic E-state index is 12.5. The van der Waals surface area contributed by atoms with Crippen molar-refractivity contribution in [2.24, 2.45) is 11.7 Å². The maximum absolute atomic E-state index is 12.5. The van der Waals surface area contributed by atoms with E-state index in [2.05, 4.69) is 17.4 Å². The number of hydrogen-bond donors (Lipinski definition) is 2. The van der Waals surface area contributed by atoms with Gasteiger partial charge in [0.2, 0.25) is 5.91 Å². The fourth-order valence-electron chi connectivity index (χ4n) is 3.11. The second-order valence-electron chi connectivity index (χ2n) is 5.55. The molecule has 3 atom stereocenters. The fraction of sp³-hybridized carbons (Fsp3) is 0.467. The molecule has 0 radical (unpaired) electrons. The molecule has 1 aromatic carbocycles. The van der Waals surface area contributed by atoms with Crippen molar-refractivity contribution in [3.05, 3.63) is 35.9 Å². The number of nitrogens with zero attached hydrogens (tertiary/aromatic N) is 1. The third-order valence-corrected chi connectivity index (χ3v) is 5.13. The van der Waals surface area contributed by atoms with Gasteiger partial charge in [0.25, 0.3) is 5.24 Å². The molecule has 22 heavy (non-hydrogen) atoms. The van der Waals surface area contributed by atoms with Crippen LogP contribution in [-0.4, -0.2) is 47.5 Å². The molecule has 0 unspecified atom stereocenters. The summed E-state index contributed by atoms with van der Waals surface area (Å²) >= 11 is 1.17. The molecule has 2 saturated heterocycles. The van der Waals surface area contributed by atoms with E-state index in [0.717, 1.165) is 0 Å². The van der Waals surface area contributed by atoms with Crippen LogP contribution in [0.1, 0.15) is 11.5 Å². The second-order valence-corrected chi connectivity index (χ2v) is 6.54. The van der Waals surface area contributed by atoms with Crippen molar-refractivity contribution in [1.82, 2.24) is 10.2 Å². The molecule has 2 aliphatic heterocycles. The van der Waals surface area contributed by atoms with Crippen LogP contribution in [0, 0.1) is 5.92 Å². The van der Waals surface area contributed by atoms with Gasteiger partial charge in [-0.15, -0.1) is 12.4 Å². The van der Waals surface area contributed by atoms with Crippen LogP contribution in [0.2, 0.25) is 0 Å². The minimum atomic E-state index is -0.379. The van der Waals surface area contributed by atoms with E-state index in [0.29, 0.717) is 25.4 Å². The Morgan fingerprint density at radius 1 is 1.32 bits per heavy atom. The molecule has 2 amide bonds. The smallest absolute Gasteiger partial charge is 0.279 e. The van der Waals surface area contributed by atoms with Gasteiger partial charge < -0.3 is 16.0 Å². The molecule has 0 aromatic heterocycles. The van der Waals surface area contributed by atoms with Crippen LogP contribution in [0.5, 0.6) is 0 Å². The summed E-state index contributed by atoms with van der Waals surface area (Å²) in [5.41, 5.74) is 7.12.